The van der Waals surface area contributed by atoms with E-state index in [1.54, 1.807) is 0 Å². The van der Waals surface area contributed by atoms with Gasteiger partial charge in [0, 0.05) is 51.3 Å². The Morgan fingerprint density at radius 2 is 1.15 bits per heavy atom. The van der Waals surface area contributed by atoms with Gasteiger partial charge in [0.2, 0.25) is 0 Å². The number of ether oxygens (including phenoxy) is 2. The van der Waals surface area contributed by atoms with Crippen molar-refractivity contribution in [1.82, 2.24) is 9.55 Å². The molecule has 4 aliphatic rings. The number of hydrogen-bond acceptors (Lipinski definition) is 6. The highest BCUT2D eigenvalue weighted by molar-refractivity contribution is 6.09. The van der Waals surface area contributed by atoms with Crippen LogP contribution in [0.4, 0.5) is 39.8 Å². The molecule has 7 aromatic carbocycles. The smallest absolute Gasteiger partial charge is 0.151 e. The maximum Gasteiger partial charge on any atom is 0.151 e. The lowest BCUT2D eigenvalue weighted by molar-refractivity contribution is 0.464. The van der Waals surface area contributed by atoms with Crippen molar-refractivity contribution in [3.8, 4) is 28.8 Å². The van der Waals surface area contributed by atoms with Gasteiger partial charge < -0.3 is 24.2 Å². The van der Waals surface area contributed by atoms with E-state index in [1.807, 2.05) is 12.3 Å². The summed E-state index contributed by atoms with van der Waals surface area (Å²) < 4.78 is 15.7. The fraction of sp³-hybridized carbons (Fsp3) is 0.190. The van der Waals surface area contributed by atoms with Crippen LogP contribution in [-0.4, -0.2) is 16.2 Å². The van der Waals surface area contributed by atoms with E-state index in [-0.39, 0.29) is 16.2 Å². The van der Waals surface area contributed by atoms with Gasteiger partial charge in [-0.1, -0.05) is 109 Å². The number of nitrogens with zero attached hydrogens (tertiary/aromatic N) is 5. The molecule has 0 amide bonds. The lowest BCUT2D eigenvalue weighted by Crippen LogP contribution is -2.40. The predicted molar refractivity (Wildman–Crippen MR) is 265 cm³/mol. The van der Waals surface area contributed by atoms with Crippen LogP contribution in [0, 0.1) is 0 Å². The predicted octanol–water partition coefficient (Wildman–Crippen LogP) is 15.4. The van der Waals surface area contributed by atoms with Crippen LogP contribution < -0.4 is 24.2 Å². The number of para-hydroxylation sites is 5. The minimum absolute atomic E-state index is 0.00810. The molecule has 4 aliphatic heterocycles. The van der Waals surface area contributed by atoms with Crippen LogP contribution in [-0.2, 0) is 16.2 Å². The summed E-state index contributed by atoms with van der Waals surface area (Å²) in [6.45, 7) is 16.9. The first kappa shape index (κ1) is 38.0. The molecule has 9 aromatic rings. The molecule has 2 aromatic heterocycles. The molecule has 0 radical (unpaired) electrons. The SMILES string of the molecule is CC(C)(C)c1ccnc(-n2c3ccccc3c3ccc(Oc4cccc(N5CN(c6cc7c8c(c6)C(C)(C)c6cccc9c6N8c6c(cccc6C7(C)C)O9)c6ccccc65)c4)cc32)c1. The summed E-state index contributed by atoms with van der Waals surface area (Å²) in [6, 6.07) is 54.6. The molecule has 7 nitrogen and oxygen atoms in total. The number of benzene rings is 7. The first-order valence-electron chi connectivity index (χ1n) is 22.7. The van der Waals surface area contributed by atoms with Crippen LogP contribution in [0.1, 0.15) is 76.3 Å². The molecule has 0 atom stereocenters. The summed E-state index contributed by atoms with van der Waals surface area (Å²) in [4.78, 5) is 12.3. The van der Waals surface area contributed by atoms with Gasteiger partial charge in [0.1, 0.15) is 24.0 Å². The van der Waals surface area contributed by atoms with Gasteiger partial charge >= 0.3 is 0 Å². The highest BCUT2D eigenvalue weighted by Gasteiger charge is 2.50. The zero-order valence-electron chi connectivity index (χ0n) is 37.8. The molecule has 0 saturated heterocycles. The van der Waals surface area contributed by atoms with Crippen molar-refractivity contribution in [2.75, 3.05) is 21.4 Å². The quantitative estimate of drug-likeness (QED) is 0.172. The number of rotatable bonds is 5. The van der Waals surface area contributed by atoms with Gasteiger partial charge in [-0.3, -0.25) is 4.57 Å². The molecule has 0 spiro atoms. The zero-order valence-corrected chi connectivity index (χ0v) is 37.8. The third-order valence-corrected chi connectivity index (χ3v) is 14.6. The van der Waals surface area contributed by atoms with E-state index >= 15 is 0 Å². The second-order valence-corrected chi connectivity index (χ2v) is 20.2. The Morgan fingerprint density at radius 1 is 0.538 bits per heavy atom. The molecule has 318 valence electrons. The molecular weight excluding hydrogens is 799 g/mol. The van der Waals surface area contributed by atoms with E-state index in [9.17, 15) is 0 Å². The molecule has 0 N–H and O–H groups in total. The van der Waals surface area contributed by atoms with Crippen LogP contribution in [0.25, 0.3) is 27.6 Å². The van der Waals surface area contributed by atoms with Gasteiger partial charge in [0.05, 0.1) is 39.5 Å². The van der Waals surface area contributed by atoms with E-state index in [0.29, 0.717) is 6.67 Å². The van der Waals surface area contributed by atoms with E-state index in [2.05, 4.69) is 213 Å². The summed E-state index contributed by atoms with van der Waals surface area (Å²) in [6.07, 6.45) is 1.92. The Balaban J connectivity index is 0.884. The molecule has 0 aliphatic carbocycles. The summed E-state index contributed by atoms with van der Waals surface area (Å²) in [5.74, 6) is 4.27. The van der Waals surface area contributed by atoms with Crippen molar-refractivity contribution in [3.05, 3.63) is 186 Å². The Morgan fingerprint density at radius 3 is 1.85 bits per heavy atom. The second kappa shape index (κ2) is 13.0. The number of aromatic nitrogens is 2. The number of anilines is 7. The van der Waals surface area contributed by atoms with Crippen molar-refractivity contribution < 1.29 is 9.47 Å². The molecule has 65 heavy (non-hydrogen) atoms. The largest absolute Gasteiger partial charge is 0.457 e. The van der Waals surface area contributed by atoms with Crippen LogP contribution in [0.3, 0.4) is 0 Å². The fourth-order valence-electron chi connectivity index (χ4n) is 11.2. The van der Waals surface area contributed by atoms with Gasteiger partial charge in [-0.2, -0.15) is 0 Å². The van der Waals surface area contributed by atoms with Crippen molar-refractivity contribution >= 4 is 61.6 Å². The van der Waals surface area contributed by atoms with Crippen molar-refractivity contribution in [1.29, 1.82) is 0 Å². The first-order valence-corrected chi connectivity index (χ1v) is 22.7. The summed E-state index contributed by atoms with van der Waals surface area (Å²) >= 11 is 0. The first-order chi connectivity index (χ1) is 31.4. The van der Waals surface area contributed by atoms with Crippen molar-refractivity contribution in [2.24, 2.45) is 0 Å². The second-order valence-electron chi connectivity index (χ2n) is 20.2. The lowest BCUT2D eigenvalue weighted by atomic mass is 9.65. The van der Waals surface area contributed by atoms with Gasteiger partial charge in [-0.15, -0.1) is 0 Å². The van der Waals surface area contributed by atoms with Gasteiger partial charge in [-0.25, -0.2) is 4.98 Å². The molecule has 6 heterocycles. The van der Waals surface area contributed by atoms with Crippen molar-refractivity contribution in [2.45, 2.75) is 64.7 Å². The fourth-order valence-corrected chi connectivity index (χ4v) is 11.2. The standard InChI is InChI=1S/C58H49N5O2/c1-56(2,3)35-27-28-59-52(29-35)62-46-20-9-8-17-40(46)41-26-25-39(33-49(41)62)64-38-16-12-15-36(30-38)60-34-61(48-22-11-10-21-47(48)60)37-31-44-53-45(32-37)58(6,7)43-19-14-24-51-55(43)63(53)54-42(57(44,4)5)18-13-23-50(54)65-51/h8-33H,34H2,1-7H3. The van der Waals surface area contributed by atoms with Crippen LogP contribution >= 0.6 is 0 Å². The topological polar surface area (TPSA) is 46.0 Å². The molecule has 0 unspecified atom stereocenters. The zero-order chi connectivity index (χ0) is 44.1. The number of pyridine rings is 1. The molecule has 7 heteroatoms. The molecular formula is C58H49N5O2. The van der Waals surface area contributed by atoms with E-state index in [0.717, 1.165) is 56.6 Å². The maximum absolute atomic E-state index is 6.79. The minimum atomic E-state index is -0.278. The van der Waals surface area contributed by atoms with Gasteiger partial charge in [-0.05, 0) is 112 Å². The van der Waals surface area contributed by atoms with Gasteiger partial charge in [0.25, 0.3) is 0 Å². The Labute approximate surface area is 379 Å². The summed E-state index contributed by atoms with van der Waals surface area (Å²) in [7, 11) is 0. The molecule has 0 bridgehead atoms. The highest BCUT2D eigenvalue weighted by Crippen LogP contribution is 2.67. The van der Waals surface area contributed by atoms with E-state index in [1.165, 1.54) is 61.6 Å². The van der Waals surface area contributed by atoms with Crippen LogP contribution in [0.2, 0.25) is 0 Å². The molecule has 0 saturated carbocycles. The van der Waals surface area contributed by atoms with Crippen molar-refractivity contribution in [3.63, 3.8) is 0 Å². The number of fused-ring (bicyclic) bond motifs is 4. The Bertz CT molecular complexity index is 3410. The molecule has 13 rings (SSSR count). The van der Waals surface area contributed by atoms with Gasteiger partial charge in [0.15, 0.2) is 11.5 Å². The highest BCUT2D eigenvalue weighted by atomic mass is 16.5. The summed E-state index contributed by atoms with van der Waals surface area (Å²) in [5.41, 5.74) is 16.2. The average Bonchev–Trinajstić information content (AvgIpc) is 3.85. The number of hydrogen-bond donors (Lipinski definition) is 0. The monoisotopic (exact) mass is 847 g/mol. The Kier molecular flexibility index (Phi) is 7.62. The maximum atomic E-state index is 6.79. The average molecular weight is 848 g/mol. The third kappa shape index (κ3) is 5.32. The van der Waals surface area contributed by atoms with E-state index < -0.39 is 0 Å². The minimum Gasteiger partial charge on any atom is -0.457 e. The normalized spacial score (nSPS) is 15.8. The lowest BCUT2D eigenvalue weighted by Gasteiger charge is -2.51. The summed E-state index contributed by atoms with van der Waals surface area (Å²) in [5, 5.41) is 2.35. The van der Waals surface area contributed by atoms with Crippen LogP contribution in [0.15, 0.2) is 158 Å². The molecule has 0 fully saturated rings. The Hall–Kier alpha value is -7.51. The van der Waals surface area contributed by atoms with Crippen LogP contribution in [0.5, 0.6) is 23.0 Å². The third-order valence-electron chi connectivity index (χ3n) is 14.6. The van der Waals surface area contributed by atoms with E-state index in [4.69, 9.17) is 14.5 Å².